The van der Waals surface area contributed by atoms with E-state index in [2.05, 4.69) is 10.1 Å². The number of hydrogen-bond acceptors (Lipinski definition) is 6. The third kappa shape index (κ3) is 2.64. The quantitative estimate of drug-likeness (QED) is 0.742. The van der Waals surface area contributed by atoms with Gasteiger partial charge in [0.2, 0.25) is 0 Å². The highest BCUT2D eigenvalue weighted by atomic mass is 32.2. The Balaban J connectivity index is 1.73. The molecule has 0 atom stereocenters. The topological polar surface area (TPSA) is 60.4 Å². The summed E-state index contributed by atoms with van der Waals surface area (Å²) in [6.45, 7) is 3.81. The fourth-order valence-corrected chi connectivity index (χ4v) is 3.60. The zero-order valence-electron chi connectivity index (χ0n) is 11.1. The largest absolute Gasteiger partial charge is 0.360 e. The molecule has 0 saturated carbocycles. The van der Waals surface area contributed by atoms with Crippen LogP contribution >= 0.6 is 23.1 Å². The van der Waals surface area contributed by atoms with Crippen molar-refractivity contribution in [3.8, 4) is 0 Å². The summed E-state index contributed by atoms with van der Waals surface area (Å²) in [5.41, 5.74) is 2.60. The van der Waals surface area contributed by atoms with E-state index in [0.29, 0.717) is 5.75 Å². The van der Waals surface area contributed by atoms with E-state index in [9.17, 15) is 4.79 Å². The molecule has 0 saturated heterocycles. The van der Waals surface area contributed by atoms with Gasteiger partial charge in [-0.25, -0.2) is 4.98 Å². The van der Waals surface area contributed by atoms with Crippen molar-refractivity contribution in [2.75, 3.05) is 0 Å². The van der Waals surface area contributed by atoms with Gasteiger partial charge in [0.05, 0.1) is 17.1 Å². The van der Waals surface area contributed by atoms with Gasteiger partial charge in [0.25, 0.3) is 5.56 Å². The molecule has 0 aliphatic rings. The van der Waals surface area contributed by atoms with Crippen molar-refractivity contribution in [1.29, 1.82) is 0 Å². The Hall–Kier alpha value is -1.60. The lowest BCUT2D eigenvalue weighted by atomic mass is 10.4. The van der Waals surface area contributed by atoms with E-state index < -0.39 is 0 Å². The van der Waals surface area contributed by atoms with Gasteiger partial charge in [-0.05, 0) is 13.8 Å². The van der Waals surface area contributed by atoms with Gasteiger partial charge in [-0.15, -0.1) is 23.1 Å². The third-order valence-electron chi connectivity index (χ3n) is 2.80. The Labute approximate surface area is 123 Å². The van der Waals surface area contributed by atoms with Crippen molar-refractivity contribution in [3.63, 3.8) is 0 Å². The van der Waals surface area contributed by atoms with Gasteiger partial charge < -0.3 is 4.52 Å². The molecule has 0 aromatic carbocycles. The van der Waals surface area contributed by atoms with Crippen molar-refractivity contribution in [3.05, 3.63) is 50.7 Å². The molecule has 0 amide bonds. The molecule has 0 spiro atoms. The SMILES string of the molecule is Cc1cc(CSCc2cc(=O)n3c(C)csc3n2)on1. The number of aromatic nitrogens is 3. The molecular formula is C13H13N3O2S2. The first-order valence-corrected chi connectivity index (χ1v) is 8.13. The number of thiazole rings is 1. The van der Waals surface area contributed by atoms with Crippen molar-refractivity contribution in [1.82, 2.24) is 14.5 Å². The zero-order valence-corrected chi connectivity index (χ0v) is 12.8. The van der Waals surface area contributed by atoms with Crippen LogP contribution < -0.4 is 5.56 Å². The minimum absolute atomic E-state index is 0.0140. The second kappa shape index (κ2) is 5.41. The van der Waals surface area contributed by atoms with Crippen LogP contribution in [0.15, 0.2) is 26.8 Å². The van der Waals surface area contributed by atoms with Crippen LogP contribution in [0, 0.1) is 13.8 Å². The van der Waals surface area contributed by atoms with Gasteiger partial charge in [0.1, 0.15) is 5.76 Å². The Morgan fingerprint density at radius 3 is 2.95 bits per heavy atom. The molecule has 3 aromatic heterocycles. The molecule has 0 aliphatic heterocycles. The van der Waals surface area contributed by atoms with E-state index in [1.165, 1.54) is 11.3 Å². The van der Waals surface area contributed by atoms with Crippen molar-refractivity contribution < 1.29 is 4.52 Å². The molecule has 0 N–H and O–H groups in total. The summed E-state index contributed by atoms with van der Waals surface area (Å²) in [5, 5.41) is 5.79. The van der Waals surface area contributed by atoms with E-state index in [-0.39, 0.29) is 5.56 Å². The Morgan fingerprint density at radius 1 is 1.35 bits per heavy atom. The lowest BCUT2D eigenvalue weighted by Gasteiger charge is -2.00. The Kier molecular flexibility index (Phi) is 3.62. The molecule has 0 aliphatic carbocycles. The van der Waals surface area contributed by atoms with E-state index in [1.54, 1.807) is 22.2 Å². The molecule has 3 aromatic rings. The number of fused-ring (bicyclic) bond motifs is 1. The third-order valence-corrected chi connectivity index (χ3v) is 4.73. The maximum atomic E-state index is 12.0. The summed E-state index contributed by atoms with van der Waals surface area (Å²) in [6.07, 6.45) is 0. The molecule has 20 heavy (non-hydrogen) atoms. The highest BCUT2D eigenvalue weighted by molar-refractivity contribution is 7.97. The van der Waals surface area contributed by atoms with Crippen LogP contribution in [0.1, 0.15) is 22.8 Å². The summed E-state index contributed by atoms with van der Waals surface area (Å²) in [5.74, 6) is 2.26. The van der Waals surface area contributed by atoms with Crippen LogP contribution in [0.2, 0.25) is 0 Å². The normalized spacial score (nSPS) is 11.3. The number of nitrogens with zero attached hydrogens (tertiary/aromatic N) is 3. The summed E-state index contributed by atoms with van der Waals surface area (Å²) < 4.78 is 6.78. The molecule has 5 nitrogen and oxygen atoms in total. The molecule has 3 heterocycles. The molecule has 0 unspecified atom stereocenters. The fourth-order valence-electron chi connectivity index (χ4n) is 1.92. The van der Waals surface area contributed by atoms with Gasteiger partial charge in [-0.2, -0.15) is 0 Å². The Bertz CT molecular complexity index is 803. The Morgan fingerprint density at radius 2 is 2.20 bits per heavy atom. The van der Waals surface area contributed by atoms with Crippen LogP contribution in [0.3, 0.4) is 0 Å². The number of rotatable bonds is 4. The molecule has 0 bridgehead atoms. The minimum atomic E-state index is -0.0140. The number of hydrogen-bond donors (Lipinski definition) is 0. The summed E-state index contributed by atoms with van der Waals surface area (Å²) in [4.78, 5) is 17.3. The molecule has 7 heteroatoms. The average molecular weight is 307 g/mol. The van der Waals surface area contributed by atoms with Crippen LogP contribution in [-0.4, -0.2) is 14.5 Å². The van der Waals surface area contributed by atoms with Crippen LogP contribution in [0.5, 0.6) is 0 Å². The predicted octanol–water partition coefficient (Wildman–Crippen LogP) is 2.79. The molecule has 3 rings (SSSR count). The molecule has 104 valence electrons. The van der Waals surface area contributed by atoms with Crippen molar-refractivity contribution in [2.45, 2.75) is 25.4 Å². The van der Waals surface area contributed by atoms with Crippen LogP contribution in [-0.2, 0) is 11.5 Å². The zero-order chi connectivity index (χ0) is 14.1. The lowest BCUT2D eigenvalue weighted by molar-refractivity contribution is 0.391. The first kappa shape index (κ1) is 13.4. The van der Waals surface area contributed by atoms with E-state index in [0.717, 1.165) is 33.6 Å². The second-order valence-electron chi connectivity index (χ2n) is 4.51. The van der Waals surface area contributed by atoms with Crippen LogP contribution in [0.25, 0.3) is 4.96 Å². The molecule has 0 fully saturated rings. The van der Waals surface area contributed by atoms with Gasteiger partial charge >= 0.3 is 0 Å². The van der Waals surface area contributed by atoms with Crippen molar-refractivity contribution >= 4 is 28.1 Å². The van der Waals surface area contributed by atoms with Gasteiger partial charge in [0.15, 0.2) is 4.96 Å². The summed E-state index contributed by atoms with van der Waals surface area (Å²) in [6, 6.07) is 3.52. The number of aryl methyl sites for hydroxylation is 2. The second-order valence-corrected chi connectivity index (χ2v) is 6.33. The van der Waals surface area contributed by atoms with Crippen molar-refractivity contribution in [2.24, 2.45) is 0 Å². The predicted molar refractivity (Wildman–Crippen MR) is 80.3 cm³/mol. The van der Waals surface area contributed by atoms with E-state index in [1.807, 2.05) is 25.3 Å². The fraction of sp³-hybridized carbons (Fsp3) is 0.308. The first-order valence-electron chi connectivity index (χ1n) is 6.10. The number of thioether (sulfide) groups is 1. The smallest absolute Gasteiger partial charge is 0.258 e. The van der Waals surface area contributed by atoms with Crippen LogP contribution in [0.4, 0.5) is 0 Å². The van der Waals surface area contributed by atoms with E-state index in [4.69, 9.17) is 4.52 Å². The van der Waals surface area contributed by atoms with Gasteiger partial charge in [-0.3, -0.25) is 9.20 Å². The first-order chi connectivity index (χ1) is 9.63. The van der Waals surface area contributed by atoms with Gasteiger partial charge in [0, 0.05) is 29.0 Å². The van der Waals surface area contributed by atoms with E-state index >= 15 is 0 Å². The highest BCUT2D eigenvalue weighted by Gasteiger charge is 2.07. The molecule has 0 radical (unpaired) electrons. The minimum Gasteiger partial charge on any atom is -0.360 e. The maximum Gasteiger partial charge on any atom is 0.258 e. The maximum absolute atomic E-state index is 12.0. The molecular weight excluding hydrogens is 294 g/mol. The lowest BCUT2D eigenvalue weighted by Crippen LogP contribution is -2.14. The summed E-state index contributed by atoms with van der Waals surface area (Å²) in [7, 11) is 0. The highest BCUT2D eigenvalue weighted by Crippen LogP contribution is 2.18. The monoisotopic (exact) mass is 307 g/mol. The summed E-state index contributed by atoms with van der Waals surface area (Å²) >= 11 is 3.15. The average Bonchev–Trinajstić information content (AvgIpc) is 2.97. The standard InChI is InChI=1S/C13H13N3O2S2/c1-8-3-11(18-15-8)7-19-6-10-4-12(17)16-9(2)5-20-13(16)14-10/h3-5H,6-7H2,1-2H3. The van der Waals surface area contributed by atoms with Gasteiger partial charge in [-0.1, -0.05) is 5.16 Å².